The molecule has 3 heterocycles. The van der Waals surface area contributed by atoms with E-state index >= 15 is 0 Å². The molecule has 2 amide bonds. The Kier molecular flexibility index (Phi) is 4.78. The van der Waals surface area contributed by atoms with Crippen LogP contribution in [0.5, 0.6) is 0 Å². The van der Waals surface area contributed by atoms with E-state index in [1.54, 1.807) is 53.3 Å². The average Bonchev–Trinajstić information content (AvgIpc) is 3.32. The Labute approximate surface area is 159 Å². The zero-order chi connectivity index (χ0) is 18.8. The summed E-state index contributed by atoms with van der Waals surface area (Å²) in [6.45, 7) is 1.15. The molecule has 1 fully saturated rings. The Balaban J connectivity index is 1.53. The second-order valence-electron chi connectivity index (χ2n) is 6.08. The first-order chi connectivity index (χ1) is 13.1. The highest BCUT2D eigenvalue weighted by molar-refractivity contribution is 6.30. The Morgan fingerprint density at radius 2 is 2.15 bits per heavy atom. The van der Waals surface area contributed by atoms with Crippen molar-refractivity contribution in [1.82, 2.24) is 24.8 Å². The first kappa shape index (κ1) is 17.5. The molecular weight excluding hydrogens is 372 g/mol. The van der Waals surface area contributed by atoms with Crippen molar-refractivity contribution in [3.05, 3.63) is 47.5 Å². The maximum Gasteiger partial charge on any atom is 0.322 e. The standard InChI is InChI=1S/C17H17ClN6O3/c1-23-9-11(8-19-23)16-21-15(22-27-16)14-10-26-7-6-24(14)17(25)20-13-4-2-12(18)3-5-13/h2-5,8-9,14H,6-7,10H2,1H3,(H,20,25). The summed E-state index contributed by atoms with van der Waals surface area (Å²) in [7, 11) is 1.80. The van der Waals surface area contributed by atoms with Crippen LogP contribution >= 0.6 is 11.6 Å². The number of benzene rings is 1. The van der Waals surface area contributed by atoms with E-state index in [1.165, 1.54) is 0 Å². The first-order valence-corrected chi connectivity index (χ1v) is 8.71. The van der Waals surface area contributed by atoms with E-state index in [9.17, 15) is 4.79 Å². The van der Waals surface area contributed by atoms with Crippen LogP contribution in [0.3, 0.4) is 0 Å². The quantitative estimate of drug-likeness (QED) is 0.740. The summed E-state index contributed by atoms with van der Waals surface area (Å²) in [6, 6.07) is 6.20. The number of halogens is 1. The number of hydrogen-bond acceptors (Lipinski definition) is 6. The third-order valence-corrected chi connectivity index (χ3v) is 4.43. The van der Waals surface area contributed by atoms with Gasteiger partial charge in [-0.05, 0) is 24.3 Å². The van der Waals surface area contributed by atoms with Crippen molar-refractivity contribution in [2.24, 2.45) is 7.05 Å². The van der Waals surface area contributed by atoms with Gasteiger partial charge in [0.05, 0.1) is 25.0 Å². The fourth-order valence-electron chi connectivity index (χ4n) is 2.81. The SMILES string of the molecule is Cn1cc(-c2nc(C3COCCN3C(=O)Nc3ccc(Cl)cc3)no2)cn1. The summed E-state index contributed by atoms with van der Waals surface area (Å²) < 4.78 is 12.5. The number of urea groups is 1. The lowest BCUT2D eigenvalue weighted by Crippen LogP contribution is -2.45. The summed E-state index contributed by atoms with van der Waals surface area (Å²) in [4.78, 5) is 18.8. The van der Waals surface area contributed by atoms with Crippen LogP contribution in [0.4, 0.5) is 10.5 Å². The Hall–Kier alpha value is -2.91. The van der Waals surface area contributed by atoms with Crippen molar-refractivity contribution < 1.29 is 14.1 Å². The highest BCUT2D eigenvalue weighted by Gasteiger charge is 2.32. The maximum atomic E-state index is 12.7. The molecule has 10 heteroatoms. The van der Waals surface area contributed by atoms with Crippen LogP contribution in [-0.4, -0.2) is 50.6 Å². The number of nitrogens with one attached hydrogen (secondary N) is 1. The number of aromatic nitrogens is 4. The van der Waals surface area contributed by atoms with Crippen LogP contribution in [0.1, 0.15) is 11.9 Å². The minimum Gasteiger partial charge on any atom is -0.377 e. The van der Waals surface area contributed by atoms with E-state index in [1.807, 2.05) is 0 Å². The van der Waals surface area contributed by atoms with Crippen molar-refractivity contribution in [3.63, 3.8) is 0 Å². The number of ether oxygens (including phenoxy) is 1. The van der Waals surface area contributed by atoms with Crippen molar-refractivity contribution in [2.75, 3.05) is 25.1 Å². The molecule has 0 spiro atoms. The Morgan fingerprint density at radius 1 is 1.33 bits per heavy atom. The van der Waals surface area contributed by atoms with Gasteiger partial charge in [-0.1, -0.05) is 16.8 Å². The smallest absolute Gasteiger partial charge is 0.322 e. The molecule has 0 saturated carbocycles. The molecule has 1 atom stereocenters. The average molecular weight is 389 g/mol. The lowest BCUT2D eigenvalue weighted by molar-refractivity contribution is 0.0110. The molecule has 1 aromatic carbocycles. The molecule has 1 N–H and O–H groups in total. The monoisotopic (exact) mass is 388 g/mol. The summed E-state index contributed by atoms with van der Waals surface area (Å²) in [5.74, 6) is 0.738. The van der Waals surface area contributed by atoms with Gasteiger partial charge in [-0.2, -0.15) is 10.1 Å². The molecule has 1 aliphatic heterocycles. The summed E-state index contributed by atoms with van der Waals surface area (Å²) >= 11 is 5.88. The molecule has 2 aromatic heterocycles. The molecule has 0 aliphatic carbocycles. The highest BCUT2D eigenvalue weighted by atomic mass is 35.5. The number of hydrogen-bond donors (Lipinski definition) is 1. The van der Waals surface area contributed by atoms with Gasteiger partial charge in [-0.3, -0.25) is 4.68 Å². The third-order valence-electron chi connectivity index (χ3n) is 4.18. The maximum absolute atomic E-state index is 12.7. The van der Waals surface area contributed by atoms with Gasteiger partial charge in [0.2, 0.25) is 0 Å². The number of carbonyl (C=O) groups is 1. The lowest BCUT2D eigenvalue weighted by atomic mass is 10.2. The van der Waals surface area contributed by atoms with E-state index in [0.717, 1.165) is 0 Å². The minimum atomic E-state index is -0.444. The first-order valence-electron chi connectivity index (χ1n) is 8.34. The third kappa shape index (κ3) is 3.79. The van der Waals surface area contributed by atoms with Gasteiger partial charge in [0.1, 0.15) is 6.04 Å². The van der Waals surface area contributed by atoms with Gasteiger partial charge in [0, 0.05) is 30.5 Å². The summed E-state index contributed by atoms with van der Waals surface area (Å²) in [5.41, 5.74) is 1.36. The van der Waals surface area contributed by atoms with Crippen LogP contribution < -0.4 is 5.32 Å². The molecule has 9 nitrogen and oxygen atoms in total. The highest BCUT2D eigenvalue weighted by Crippen LogP contribution is 2.26. The summed E-state index contributed by atoms with van der Waals surface area (Å²) in [6.07, 6.45) is 3.42. The van der Waals surface area contributed by atoms with Gasteiger partial charge in [0.15, 0.2) is 5.82 Å². The number of aryl methyl sites for hydroxylation is 1. The van der Waals surface area contributed by atoms with Crippen molar-refractivity contribution in [1.29, 1.82) is 0 Å². The number of nitrogens with zero attached hydrogens (tertiary/aromatic N) is 5. The number of rotatable bonds is 3. The largest absolute Gasteiger partial charge is 0.377 e. The van der Waals surface area contributed by atoms with Gasteiger partial charge < -0.3 is 19.5 Å². The Morgan fingerprint density at radius 3 is 2.89 bits per heavy atom. The molecule has 1 aliphatic rings. The van der Waals surface area contributed by atoms with Gasteiger partial charge in [-0.15, -0.1) is 0 Å². The van der Waals surface area contributed by atoms with Crippen LogP contribution in [0, 0.1) is 0 Å². The molecule has 4 rings (SSSR count). The second kappa shape index (κ2) is 7.37. The van der Waals surface area contributed by atoms with Crippen LogP contribution in [0.15, 0.2) is 41.2 Å². The number of anilines is 1. The van der Waals surface area contributed by atoms with Crippen molar-refractivity contribution >= 4 is 23.3 Å². The fraction of sp³-hybridized carbons (Fsp3) is 0.294. The zero-order valence-electron chi connectivity index (χ0n) is 14.5. The molecule has 1 unspecified atom stereocenters. The van der Waals surface area contributed by atoms with Crippen LogP contribution in [0.25, 0.3) is 11.5 Å². The molecule has 0 bridgehead atoms. The van der Waals surface area contributed by atoms with E-state index in [4.69, 9.17) is 20.9 Å². The van der Waals surface area contributed by atoms with Gasteiger partial charge >= 0.3 is 6.03 Å². The predicted molar refractivity (Wildman–Crippen MR) is 97.2 cm³/mol. The van der Waals surface area contributed by atoms with E-state index in [0.29, 0.717) is 47.7 Å². The van der Waals surface area contributed by atoms with Crippen LogP contribution in [0.2, 0.25) is 5.02 Å². The fourth-order valence-corrected chi connectivity index (χ4v) is 2.93. The minimum absolute atomic E-state index is 0.265. The molecule has 0 radical (unpaired) electrons. The molecule has 1 saturated heterocycles. The Bertz CT molecular complexity index is 938. The molecule has 3 aromatic rings. The van der Waals surface area contributed by atoms with Gasteiger partial charge in [-0.25, -0.2) is 4.79 Å². The summed E-state index contributed by atoms with van der Waals surface area (Å²) in [5, 5.41) is 11.6. The number of carbonyl (C=O) groups excluding carboxylic acids is 1. The van der Waals surface area contributed by atoms with E-state index in [2.05, 4.69) is 20.6 Å². The van der Waals surface area contributed by atoms with Crippen LogP contribution in [-0.2, 0) is 11.8 Å². The van der Waals surface area contributed by atoms with Crippen molar-refractivity contribution in [2.45, 2.75) is 6.04 Å². The zero-order valence-corrected chi connectivity index (χ0v) is 15.3. The van der Waals surface area contributed by atoms with E-state index in [-0.39, 0.29) is 6.03 Å². The predicted octanol–water partition coefficient (Wildman–Crippen LogP) is 2.73. The second-order valence-corrected chi connectivity index (χ2v) is 6.52. The molecule has 140 valence electrons. The molecular formula is C17H17ClN6O3. The van der Waals surface area contributed by atoms with Gasteiger partial charge in [0.25, 0.3) is 5.89 Å². The molecule has 27 heavy (non-hydrogen) atoms. The lowest BCUT2D eigenvalue weighted by Gasteiger charge is -2.33. The normalized spacial score (nSPS) is 17.1. The number of amides is 2. The topological polar surface area (TPSA) is 98.3 Å². The van der Waals surface area contributed by atoms with Crippen molar-refractivity contribution in [3.8, 4) is 11.5 Å². The van der Waals surface area contributed by atoms with E-state index < -0.39 is 6.04 Å². The number of morpholine rings is 1.